The van der Waals surface area contributed by atoms with E-state index in [4.69, 9.17) is 0 Å². The third-order valence-electron chi connectivity index (χ3n) is 2.39. The largest absolute Gasteiger partial charge is 0.0658 e. The van der Waals surface area contributed by atoms with Gasteiger partial charge in [-0.05, 0) is 0 Å². The van der Waals surface area contributed by atoms with Gasteiger partial charge in [-0.15, -0.1) is 0 Å². The first-order valence-electron chi connectivity index (χ1n) is 5.77. The lowest BCUT2D eigenvalue weighted by molar-refractivity contribution is 0.572. The van der Waals surface area contributed by atoms with Gasteiger partial charge < -0.3 is 0 Å². The van der Waals surface area contributed by atoms with Crippen molar-refractivity contribution in [3.63, 3.8) is 0 Å². The molecule has 0 nitrogen and oxygen atoms in total. The Bertz CT molecular complexity index is 79.1. The fraction of sp³-hybridized carbons (Fsp3) is 1.00. The number of unbranched alkanes of at least 4 members (excludes halogenated alkanes) is 6. The summed E-state index contributed by atoms with van der Waals surface area (Å²) in [5.74, 6) is 0. The second kappa shape index (κ2) is 9.31. The Balaban J connectivity index is 2.82. The molecule has 0 saturated heterocycles. The molecule has 0 aliphatic rings. The van der Waals surface area contributed by atoms with Crippen LogP contribution < -0.4 is 0 Å². The predicted octanol–water partition coefficient (Wildman–Crippen LogP) is 3.30. The van der Waals surface area contributed by atoms with Crippen LogP contribution in [0.4, 0.5) is 0 Å². The van der Waals surface area contributed by atoms with Gasteiger partial charge in [-0.3, -0.25) is 0 Å². The van der Waals surface area contributed by atoms with E-state index in [-0.39, 0.29) is 0 Å². The van der Waals surface area contributed by atoms with Gasteiger partial charge >= 0.3 is 0 Å². The molecule has 0 N–H and O–H groups in total. The van der Waals surface area contributed by atoms with E-state index in [0.29, 0.717) is 0 Å². The second-order valence-corrected chi connectivity index (χ2v) is 6.28. The van der Waals surface area contributed by atoms with Gasteiger partial charge in [-0.1, -0.05) is 70.8 Å². The molecule has 0 aromatic carbocycles. The van der Waals surface area contributed by atoms with Crippen molar-refractivity contribution in [2.75, 3.05) is 0 Å². The molecule has 0 aliphatic heterocycles. The minimum atomic E-state index is 1.04. The van der Waals surface area contributed by atoms with E-state index >= 15 is 0 Å². The van der Waals surface area contributed by atoms with Crippen LogP contribution in [0.15, 0.2) is 0 Å². The molecule has 0 saturated carbocycles. The maximum Gasteiger partial charge on any atom is 0.00637 e. The van der Waals surface area contributed by atoms with Gasteiger partial charge in [0, 0.05) is 10.2 Å². The summed E-state index contributed by atoms with van der Waals surface area (Å²) in [6.07, 6.45) is 11.7. The normalized spacial score (nSPS) is 13.5. The molecule has 0 fully saturated rings. The summed E-state index contributed by atoms with van der Waals surface area (Å²) < 4.78 is 0. The van der Waals surface area contributed by atoms with Gasteiger partial charge in [0.2, 0.25) is 0 Å². The highest BCUT2D eigenvalue weighted by atomic mass is 28.1. The number of hydrogen-bond donors (Lipinski definition) is 0. The maximum absolute atomic E-state index is 2.38. The van der Waals surface area contributed by atoms with Crippen LogP contribution in [0.3, 0.4) is 0 Å². The SMILES string of the molecule is CCCCCCCCCC(C)[SiH3]. The third kappa shape index (κ3) is 10.2. The Labute approximate surface area is 81.6 Å². The van der Waals surface area contributed by atoms with Crippen LogP contribution in [0.1, 0.15) is 65.2 Å². The van der Waals surface area contributed by atoms with Crippen LogP contribution in [0, 0.1) is 0 Å². The van der Waals surface area contributed by atoms with E-state index < -0.39 is 0 Å². The molecule has 0 amide bonds. The quantitative estimate of drug-likeness (QED) is 0.403. The first-order valence-corrected chi connectivity index (χ1v) is 6.92. The summed E-state index contributed by atoms with van der Waals surface area (Å²) in [4.78, 5) is 0. The average Bonchev–Trinajstić information content (AvgIpc) is 2.02. The Morgan fingerprint density at radius 1 is 0.917 bits per heavy atom. The first kappa shape index (κ1) is 12.2. The summed E-state index contributed by atoms with van der Waals surface area (Å²) in [5, 5.41) is 0. The van der Waals surface area contributed by atoms with Crippen molar-refractivity contribution in [3.8, 4) is 0 Å². The zero-order valence-corrected chi connectivity index (χ0v) is 11.2. The highest BCUT2D eigenvalue weighted by Crippen LogP contribution is 2.12. The number of hydrogen-bond acceptors (Lipinski definition) is 0. The van der Waals surface area contributed by atoms with Crippen molar-refractivity contribution in [3.05, 3.63) is 0 Å². The van der Waals surface area contributed by atoms with Crippen LogP contribution in [0.25, 0.3) is 0 Å². The highest BCUT2D eigenvalue weighted by molar-refractivity contribution is 6.11. The number of rotatable bonds is 8. The zero-order valence-electron chi connectivity index (χ0n) is 9.23. The van der Waals surface area contributed by atoms with Crippen LogP contribution in [-0.4, -0.2) is 10.2 Å². The highest BCUT2D eigenvalue weighted by Gasteiger charge is 1.93. The van der Waals surface area contributed by atoms with Gasteiger partial charge in [-0.25, -0.2) is 0 Å². The van der Waals surface area contributed by atoms with Crippen molar-refractivity contribution in [1.82, 2.24) is 0 Å². The van der Waals surface area contributed by atoms with Gasteiger partial charge in [-0.2, -0.15) is 0 Å². The second-order valence-electron chi connectivity index (χ2n) is 4.30. The van der Waals surface area contributed by atoms with E-state index in [9.17, 15) is 0 Å². The first-order chi connectivity index (χ1) is 5.77. The minimum Gasteiger partial charge on any atom is -0.0658 e. The molecule has 1 atom stereocenters. The van der Waals surface area contributed by atoms with Crippen LogP contribution in [-0.2, 0) is 0 Å². The molecular formula is C11H26Si. The van der Waals surface area contributed by atoms with Crippen molar-refractivity contribution < 1.29 is 0 Å². The molecule has 12 heavy (non-hydrogen) atoms. The van der Waals surface area contributed by atoms with E-state index in [1.807, 2.05) is 0 Å². The summed E-state index contributed by atoms with van der Waals surface area (Å²) in [5.41, 5.74) is 1.04. The van der Waals surface area contributed by atoms with Crippen molar-refractivity contribution in [1.29, 1.82) is 0 Å². The molecule has 0 rings (SSSR count). The molecule has 0 aromatic heterocycles. The molecule has 0 aromatic rings. The van der Waals surface area contributed by atoms with Gasteiger partial charge in [0.1, 0.15) is 0 Å². The van der Waals surface area contributed by atoms with E-state index in [0.717, 1.165) is 5.54 Å². The van der Waals surface area contributed by atoms with Gasteiger partial charge in [0.15, 0.2) is 0 Å². The van der Waals surface area contributed by atoms with Crippen molar-refractivity contribution in [2.24, 2.45) is 0 Å². The van der Waals surface area contributed by atoms with Crippen LogP contribution in [0.5, 0.6) is 0 Å². The minimum absolute atomic E-state index is 1.04. The predicted molar refractivity (Wildman–Crippen MR) is 62.0 cm³/mol. The summed E-state index contributed by atoms with van der Waals surface area (Å²) in [6, 6.07) is 0. The molecule has 1 unspecified atom stereocenters. The monoisotopic (exact) mass is 186 g/mol. The molecule has 1 heteroatoms. The molecule has 0 heterocycles. The molecule has 0 radical (unpaired) electrons. The lowest BCUT2D eigenvalue weighted by Crippen LogP contribution is -1.86. The third-order valence-corrected chi connectivity index (χ3v) is 2.96. The lowest BCUT2D eigenvalue weighted by Gasteiger charge is -2.03. The molecule has 74 valence electrons. The Hall–Kier alpha value is 0.217. The van der Waals surface area contributed by atoms with Gasteiger partial charge in [0.25, 0.3) is 0 Å². The summed E-state index contributed by atoms with van der Waals surface area (Å²) >= 11 is 0. The standard InChI is InChI=1S/C11H26Si/c1-3-4-5-6-7-8-9-10-11(2)12/h11H,3-10H2,1-2,12H3. The van der Waals surface area contributed by atoms with Crippen molar-refractivity contribution >= 4 is 10.2 Å². The lowest BCUT2D eigenvalue weighted by atomic mass is 10.1. The van der Waals surface area contributed by atoms with E-state index in [1.165, 1.54) is 61.6 Å². The smallest absolute Gasteiger partial charge is 0.00637 e. The molecule has 0 spiro atoms. The summed E-state index contributed by atoms with van der Waals surface area (Å²) in [7, 11) is 1.39. The zero-order chi connectivity index (χ0) is 9.23. The Kier molecular flexibility index (Phi) is 9.47. The topological polar surface area (TPSA) is 0 Å². The fourth-order valence-electron chi connectivity index (χ4n) is 1.51. The molecule has 0 aliphatic carbocycles. The maximum atomic E-state index is 2.38. The Morgan fingerprint density at radius 2 is 1.42 bits per heavy atom. The average molecular weight is 186 g/mol. The van der Waals surface area contributed by atoms with Crippen LogP contribution in [0.2, 0.25) is 5.54 Å². The van der Waals surface area contributed by atoms with E-state index in [1.54, 1.807) is 0 Å². The summed E-state index contributed by atoms with van der Waals surface area (Å²) in [6.45, 7) is 4.66. The van der Waals surface area contributed by atoms with Gasteiger partial charge in [0.05, 0.1) is 0 Å². The molecular weight excluding hydrogens is 160 g/mol. The van der Waals surface area contributed by atoms with E-state index in [2.05, 4.69) is 13.8 Å². The van der Waals surface area contributed by atoms with Crippen molar-refractivity contribution in [2.45, 2.75) is 70.8 Å². The Morgan fingerprint density at radius 3 is 1.92 bits per heavy atom. The fourth-order valence-corrected chi connectivity index (χ4v) is 1.92. The van der Waals surface area contributed by atoms with Crippen LogP contribution >= 0.6 is 0 Å². The molecule has 0 bridgehead atoms.